The van der Waals surface area contributed by atoms with Gasteiger partial charge in [0.15, 0.2) is 26.1 Å². The number of hydrogen-bond donors (Lipinski definition) is 0. The first-order valence-corrected chi connectivity index (χ1v) is 26.4. The number of fused-ring (bicyclic) bond motifs is 3. The second-order valence-corrected chi connectivity index (χ2v) is 25.1. The van der Waals surface area contributed by atoms with E-state index in [2.05, 4.69) is 235 Å². The van der Waals surface area contributed by atoms with Crippen LogP contribution >= 0.6 is 0 Å². The molecule has 2 aromatic heterocycles. The number of rotatable bonds is 9. The molecule has 1 fully saturated rings. The molecule has 0 spiro atoms. The summed E-state index contributed by atoms with van der Waals surface area (Å²) in [5.74, 6) is 2.24. The highest BCUT2D eigenvalue weighted by atomic mass is 28.3. The Kier molecular flexibility index (Phi) is 9.33. The van der Waals surface area contributed by atoms with Crippen LogP contribution in [0.2, 0.25) is 0 Å². The van der Waals surface area contributed by atoms with Crippen molar-refractivity contribution in [2.45, 2.75) is 59.2 Å². The molecule has 3 aliphatic heterocycles. The molecule has 5 heterocycles. The molecule has 1 saturated heterocycles. The minimum atomic E-state index is -2.84. The number of hydrogen-bond acceptors (Lipinski definition) is 2. The van der Waals surface area contributed by atoms with Gasteiger partial charge in [-0.1, -0.05) is 175 Å². The summed E-state index contributed by atoms with van der Waals surface area (Å²) in [5, 5.41) is 7.52. The summed E-state index contributed by atoms with van der Waals surface area (Å²) in [6.45, 7) is 14.0. The highest BCUT2D eigenvalue weighted by molar-refractivity contribution is 7.20. The summed E-state index contributed by atoms with van der Waals surface area (Å²) in [4.78, 5) is 5.06. The monoisotopic (exact) mass is 930 g/mol. The summed E-state index contributed by atoms with van der Waals surface area (Å²) in [7, 11) is -2.84. The van der Waals surface area contributed by atoms with Gasteiger partial charge in [0.05, 0.1) is 17.7 Å². The standard InChI is InChI=1S/C64H59N4OSi/c1-45-20-17-31-60-62(45)68(48-22-18-21-46(38-48)63(2,3)4)43-67(60,44-68)49-23-19-24-50(40-49)69-51-32-34-56-57-42-55(33-35-58(57)66(59(56)41-51)61-39-47(36-37-65-61)64(5,6)7)70(52-25-11-8-12-26-52,53-27-13-9-14-28-53)54-29-15-10-16-30-54/h8-43H,44H2,1-7H3/q+1/t67-,68+/m1/s1/i1D3. The van der Waals surface area contributed by atoms with Crippen molar-refractivity contribution >= 4 is 73.4 Å². The second-order valence-electron chi connectivity index (χ2n) is 21.3. The molecule has 13 rings (SSSR count). The van der Waals surface area contributed by atoms with E-state index in [1.165, 1.54) is 31.9 Å². The maximum Gasteiger partial charge on any atom is 0.186 e. The van der Waals surface area contributed by atoms with Crippen LogP contribution in [-0.2, 0) is 10.8 Å². The lowest BCUT2D eigenvalue weighted by molar-refractivity contribution is 0.186. The third kappa shape index (κ3) is 6.76. The lowest BCUT2D eigenvalue weighted by Gasteiger charge is -2.56. The summed E-state index contributed by atoms with van der Waals surface area (Å²) in [6.07, 6.45) is 1.93. The first-order chi connectivity index (χ1) is 35.0. The normalized spacial score (nSPS) is 18.5. The topological polar surface area (TPSA) is 27.1 Å². The fraction of sp³-hybridized carbons (Fsp3) is 0.156. The quantitative estimate of drug-likeness (QED) is 0.0624. The van der Waals surface area contributed by atoms with E-state index in [1.807, 2.05) is 24.4 Å². The number of aromatic nitrogens is 2. The van der Waals surface area contributed by atoms with Gasteiger partial charge in [-0.15, -0.1) is 0 Å². The van der Waals surface area contributed by atoms with Crippen molar-refractivity contribution < 1.29 is 8.85 Å². The molecular weight excluding hydrogens is 869 g/mol. The van der Waals surface area contributed by atoms with E-state index in [4.69, 9.17) is 13.8 Å². The third-order valence-corrected chi connectivity index (χ3v) is 19.8. The first-order valence-electron chi connectivity index (χ1n) is 25.9. The Balaban J connectivity index is 0.999. The lowest BCUT2D eigenvalue weighted by atomic mass is 9.86. The van der Waals surface area contributed by atoms with Gasteiger partial charge in [0.25, 0.3) is 0 Å². The molecule has 0 saturated carbocycles. The third-order valence-electron chi connectivity index (χ3n) is 15.0. The van der Waals surface area contributed by atoms with E-state index in [0.717, 1.165) is 50.4 Å². The molecule has 10 aromatic rings. The molecule has 0 amide bonds. The van der Waals surface area contributed by atoms with Gasteiger partial charge in [0, 0.05) is 50.9 Å². The molecule has 3 aliphatic rings. The average Bonchev–Trinajstić information content (AvgIpc) is 3.99. The van der Waals surface area contributed by atoms with Gasteiger partial charge in [-0.2, -0.15) is 0 Å². The Morgan fingerprint density at radius 2 is 1.13 bits per heavy atom. The van der Waals surface area contributed by atoms with E-state index in [0.29, 0.717) is 32.7 Å². The second kappa shape index (κ2) is 16.1. The molecule has 5 nitrogen and oxygen atoms in total. The van der Waals surface area contributed by atoms with Gasteiger partial charge in [-0.05, 0) is 98.1 Å². The van der Waals surface area contributed by atoms with E-state index in [1.54, 1.807) is 6.07 Å². The number of pyridine rings is 1. The SMILES string of the molecule is [2H]C([2H])([2H])c1cccc2c1[N@@+]1(c3cccc(C(C)(C)C)c3)[CH-][N@+]2(c2cccc(Oc3ccc4c5cc([Si](c6ccccc6)(c6ccccc6)c6ccccc6)ccc5n(-c5cc(C(C)(C)C)ccn5)c4c3)c2)C1. The molecule has 0 N–H and O–H groups in total. The fourth-order valence-corrected chi connectivity index (χ4v) is 16.3. The summed E-state index contributed by atoms with van der Waals surface area (Å²) < 4.78 is 36.1. The maximum atomic E-state index is 8.69. The molecule has 2 atom stereocenters. The van der Waals surface area contributed by atoms with Crippen molar-refractivity contribution in [3.63, 3.8) is 0 Å². The smallest absolute Gasteiger partial charge is 0.186 e. The van der Waals surface area contributed by atoms with Gasteiger partial charge in [0.1, 0.15) is 28.7 Å². The minimum absolute atomic E-state index is 0.0727. The van der Waals surface area contributed by atoms with Crippen molar-refractivity contribution in [2.75, 3.05) is 6.67 Å². The van der Waals surface area contributed by atoms with Crippen LogP contribution in [0.3, 0.4) is 0 Å². The average molecular weight is 931 g/mol. The van der Waals surface area contributed by atoms with E-state index in [-0.39, 0.29) is 10.8 Å². The molecule has 8 aromatic carbocycles. The number of nitrogens with zero attached hydrogens (tertiary/aromatic N) is 4. The molecule has 2 bridgehead atoms. The molecule has 344 valence electrons. The molecule has 0 radical (unpaired) electrons. The molecule has 70 heavy (non-hydrogen) atoms. The van der Waals surface area contributed by atoms with Crippen LogP contribution in [0.4, 0.5) is 22.7 Å². The summed E-state index contributed by atoms with van der Waals surface area (Å²) in [5.41, 5.74) is 8.58. The van der Waals surface area contributed by atoms with Crippen LogP contribution in [0.1, 0.15) is 62.3 Å². The number of benzene rings is 8. The van der Waals surface area contributed by atoms with Gasteiger partial charge in [0.2, 0.25) is 0 Å². The highest BCUT2D eigenvalue weighted by Crippen LogP contribution is 2.66. The Bertz CT molecular complexity index is 3640. The Morgan fingerprint density at radius 1 is 0.529 bits per heavy atom. The molecule has 6 heteroatoms. The lowest BCUT2D eigenvalue weighted by Crippen LogP contribution is -2.74. The largest absolute Gasteiger partial charge is 0.457 e. The van der Waals surface area contributed by atoms with Crippen LogP contribution in [0.25, 0.3) is 27.6 Å². The predicted molar refractivity (Wildman–Crippen MR) is 296 cm³/mol. The van der Waals surface area contributed by atoms with Gasteiger partial charge < -0.3 is 4.74 Å². The van der Waals surface area contributed by atoms with Crippen LogP contribution in [0.15, 0.2) is 212 Å². The summed E-state index contributed by atoms with van der Waals surface area (Å²) in [6, 6.07) is 73.9. The zero-order chi connectivity index (χ0) is 50.5. The minimum Gasteiger partial charge on any atom is -0.457 e. The van der Waals surface area contributed by atoms with Crippen molar-refractivity contribution in [3.8, 4) is 17.3 Å². The van der Waals surface area contributed by atoms with E-state index < -0.39 is 14.9 Å². The number of quaternary nitrogens is 2. The van der Waals surface area contributed by atoms with Gasteiger partial charge >= 0.3 is 0 Å². The van der Waals surface area contributed by atoms with Crippen molar-refractivity contribution in [1.82, 2.24) is 18.5 Å². The van der Waals surface area contributed by atoms with Crippen molar-refractivity contribution in [2.24, 2.45) is 0 Å². The number of aryl methyl sites for hydroxylation is 1. The molecule has 0 aliphatic carbocycles. The van der Waals surface area contributed by atoms with E-state index >= 15 is 0 Å². The maximum absolute atomic E-state index is 8.69. The fourth-order valence-electron chi connectivity index (χ4n) is 11.5. The Labute approximate surface area is 417 Å². The first kappa shape index (κ1) is 40.5. The molecular formula is C64H59N4OSi+. The zero-order valence-electron chi connectivity index (χ0n) is 43.7. The highest BCUT2D eigenvalue weighted by Gasteiger charge is 2.63. The van der Waals surface area contributed by atoms with Gasteiger partial charge in [-0.25, -0.2) is 4.98 Å². The summed E-state index contributed by atoms with van der Waals surface area (Å²) >= 11 is 0. The van der Waals surface area contributed by atoms with Crippen LogP contribution in [0, 0.1) is 13.5 Å². The predicted octanol–water partition coefficient (Wildman–Crippen LogP) is 13.6. The molecule has 0 unspecified atom stereocenters. The van der Waals surface area contributed by atoms with Gasteiger partial charge in [-0.3, -0.25) is 13.5 Å². The zero-order valence-corrected chi connectivity index (χ0v) is 41.7. The Morgan fingerprint density at radius 3 is 1.77 bits per heavy atom. The van der Waals surface area contributed by atoms with Crippen molar-refractivity contribution in [1.29, 1.82) is 0 Å². The van der Waals surface area contributed by atoms with Crippen LogP contribution in [-0.4, -0.2) is 24.3 Å². The van der Waals surface area contributed by atoms with Crippen LogP contribution < -0.4 is 34.4 Å². The van der Waals surface area contributed by atoms with E-state index in [9.17, 15) is 0 Å². The number of ether oxygens (including phenoxy) is 1. The number of para-hydroxylation sites is 1. The van der Waals surface area contributed by atoms with Crippen molar-refractivity contribution in [3.05, 3.63) is 236 Å². The van der Waals surface area contributed by atoms with Crippen LogP contribution in [0.5, 0.6) is 11.5 Å². The Hall–Kier alpha value is -7.35.